The van der Waals surface area contributed by atoms with Crippen molar-refractivity contribution in [1.29, 1.82) is 0 Å². The topological polar surface area (TPSA) is 69.6 Å². The Morgan fingerprint density at radius 3 is 2.70 bits per heavy atom. The maximum absolute atomic E-state index is 13.7. The molecule has 2 atom stereocenters. The van der Waals surface area contributed by atoms with Gasteiger partial charge in [-0.1, -0.05) is 6.42 Å². The van der Waals surface area contributed by atoms with Gasteiger partial charge in [-0.2, -0.15) is 0 Å². The molecule has 0 bridgehead atoms. The van der Waals surface area contributed by atoms with Crippen LogP contribution >= 0.6 is 0 Å². The minimum atomic E-state index is -1.50. The molecule has 1 saturated carbocycles. The summed E-state index contributed by atoms with van der Waals surface area (Å²) in [5, 5.41) is 21.0. The number of anilines is 1. The zero-order valence-corrected chi connectivity index (χ0v) is 10.9. The van der Waals surface area contributed by atoms with E-state index in [0.29, 0.717) is 13.0 Å². The molecule has 1 aliphatic carbocycles. The average Bonchev–Trinajstić information content (AvgIpc) is 2.40. The van der Waals surface area contributed by atoms with Crippen LogP contribution in [0.25, 0.3) is 0 Å². The van der Waals surface area contributed by atoms with E-state index in [1.54, 1.807) is 0 Å². The fourth-order valence-corrected chi connectivity index (χ4v) is 2.55. The van der Waals surface area contributed by atoms with Gasteiger partial charge < -0.3 is 15.5 Å². The number of hydrogen-bond acceptors (Lipinski definition) is 3. The van der Waals surface area contributed by atoms with E-state index in [1.807, 2.05) is 0 Å². The van der Waals surface area contributed by atoms with E-state index in [0.717, 1.165) is 25.3 Å². The smallest absolute Gasteiger partial charge is 0.338 e. The standard InChI is InChI=1S/C14H17F2NO3/c15-12-10(14(19)20)4-5-11(13(12)16)17-7-8-2-1-3-9(18)6-8/h4-5,8-9,17-18H,1-3,6-7H2,(H,19,20). The molecule has 1 aliphatic rings. The van der Waals surface area contributed by atoms with Crippen LogP contribution in [0.3, 0.4) is 0 Å². The summed E-state index contributed by atoms with van der Waals surface area (Å²) in [7, 11) is 0. The number of aliphatic hydroxyl groups is 1. The lowest BCUT2D eigenvalue weighted by Crippen LogP contribution is -2.25. The lowest BCUT2D eigenvalue weighted by atomic mass is 9.87. The molecular weight excluding hydrogens is 268 g/mol. The number of halogens is 2. The van der Waals surface area contributed by atoms with Crippen LogP contribution < -0.4 is 5.32 Å². The number of hydrogen-bond donors (Lipinski definition) is 3. The molecule has 0 aromatic heterocycles. The molecule has 110 valence electrons. The third-order valence-corrected chi connectivity index (χ3v) is 3.65. The van der Waals surface area contributed by atoms with Gasteiger partial charge in [-0.3, -0.25) is 0 Å². The predicted molar refractivity (Wildman–Crippen MR) is 69.8 cm³/mol. The highest BCUT2D eigenvalue weighted by atomic mass is 19.2. The van der Waals surface area contributed by atoms with Gasteiger partial charge in [-0.05, 0) is 37.3 Å². The first-order valence-electron chi connectivity index (χ1n) is 6.62. The largest absolute Gasteiger partial charge is 0.478 e. The lowest BCUT2D eigenvalue weighted by molar-refractivity contribution is 0.0690. The summed E-state index contributed by atoms with van der Waals surface area (Å²) in [4.78, 5) is 10.7. The molecule has 1 fully saturated rings. The van der Waals surface area contributed by atoms with Crippen molar-refractivity contribution in [2.75, 3.05) is 11.9 Å². The van der Waals surface area contributed by atoms with E-state index in [2.05, 4.69) is 5.32 Å². The van der Waals surface area contributed by atoms with Crippen molar-refractivity contribution < 1.29 is 23.8 Å². The molecule has 2 unspecified atom stereocenters. The second kappa shape index (κ2) is 6.17. The maximum atomic E-state index is 13.7. The maximum Gasteiger partial charge on any atom is 0.338 e. The molecule has 2 rings (SSSR count). The Morgan fingerprint density at radius 1 is 1.30 bits per heavy atom. The van der Waals surface area contributed by atoms with Crippen molar-refractivity contribution in [3.8, 4) is 0 Å². The van der Waals surface area contributed by atoms with E-state index >= 15 is 0 Å². The third kappa shape index (κ3) is 3.25. The summed E-state index contributed by atoms with van der Waals surface area (Å²) < 4.78 is 27.2. The zero-order chi connectivity index (χ0) is 14.7. The third-order valence-electron chi connectivity index (χ3n) is 3.65. The minimum absolute atomic E-state index is 0.0486. The predicted octanol–water partition coefficient (Wildman–Crippen LogP) is 2.63. The first-order chi connectivity index (χ1) is 9.49. The number of aliphatic hydroxyl groups excluding tert-OH is 1. The van der Waals surface area contributed by atoms with Gasteiger partial charge in [0, 0.05) is 6.54 Å². The van der Waals surface area contributed by atoms with E-state index < -0.39 is 23.2 Å². The molecule has 0 heterocycles. The number of carboxylic acids is 1. The summed E-state index contributed by atoms with van der Waals surface area (Å²) in [5.74, 6) is -3.82. The first-order valence-corrected chi connectivity index (χ1v) is 6.62. The van der Waals surface area contributed by atoms with E-state index in [4.69, 9.17) is 5.11 Å². The van der Waals surface area contributed by atoms with Crippen LogP contribution in [-0.2, 0) is 0 Å². The Bertz CT molecular complexity index is 507. The lowest BCUT2D eigenvalue weighted by Gasteiger charge is -2.26. The highest BCUT2D eigenvalue weighted by Gasteiger charge is 2.22. The second-order valence-corrected chi connectivity index (χ2v) is 5.16. The van der Waals surface area contributed by atoms with Gasteiger partial charge >= 0.3 is 5.97 Å². The molecule has 20 heavy (non-hydrogen) atoms. The summed E-state index contributed by atoms with van der Waals surface area (Å²) in [6.07, 6.45) is 2.95. The van der Waals surface area contributed by atoms with Crippen molar-refractivity contribution >= 4 is 11.7 Å². The van der Waals surface area contributed by atoms with E-state index in [9.17, 15) is 18.7 Å². The molecule has 0 radical (unpaired) electrons. The number of nitrogens with one attached hydrogen (secondary N) is 1. The summed E-state index contributed by atoms with van der Waals surface area (Å²) in [5.41, 5.74) is -0.728. The number of benzene rings is 1. The van der Waals surface area contributed by atoms with Crippen molar-refractivity contribution in [2.24, 2.45) is 5.92 Å². The summed E-state index contributed by atoms with van der Waals surface area (Å²) >= 11 is 0. The van der Waals surface area contributed by atoms with Gasteiger partial charge in [0.1, 0.15) is 0 Å². The molecular formula is C14H17F2NO3. The molecule has 0 spiro atoms. The van der Waals surface area contributed by atoms with Gasteiger partial charge in [-0.15, -0.1) is 0 Å². The number of aromatic carboxylic acids is 1. The molecule has 1 aromatic carbocycles. The van der Waals surface area contributed by atoms with Crippen molar-refractivity contribution in [1.82, 2.24) is 0 Å². The Hall–Kier alpha value is -1.69. The summed E-state index contributed by atoms with van der Waals surface area (Å²) in [6.45, 7) is 0.430. The fourth-order valence-electron chi connectivity index (χ4n) is 2.55. The van der Waals surface area contributed by atoms with Crippen molar-refractivity contribution in [3.05, 3.63) is 29.3 Å². The molecule has 0 saturated heterocycles. The fraction of sp³-hybridized carbons (Fsp3) is 0.500. The van der Waals surface area contributed by atoms with E-state index in [-0.39, 0.29) is 17.7 Å². The van der Waals surface area contributed by atoms with Crippen LogP contribution in [0.4, 0.5) is 14.5 Å². The van der Waals surface area contributed by atoms with Gasteiger partial charge in [-0.25, -0.2) is 13.6 Å². The van der Waals surface area contributed by atoms with Crippen molar-refractivity contribution in [3.63, 3.8) is 0 Å². The van der Waals surface area contributed by atoms with Crippen LogP contribution in [0, 0.1) is 17.6 Å². The number of carboxylic acid groups (broad SMARTS) is 1. The minimum Gasteiger partial charge on any atom is -0.478 e. The first kappa shape index (κ1) is 14.7. The van der Waals surface area contributed by atoms with Crippen molar-refractivity contribution in [2.45, 2.75) is 31.8 Å². The van der Waals surface area contributed by atoms with Crippen LogP contribution in [0.5, 0.6) is 0 Å². The molecule has 0 aliphatic heterocycles. The molecule has 6 heteroatoms. The normalized spacial score (nSPS) is 22.6. The highest BCUT2D eigenvalue weighted by Crippen LogP contribution is 2.26. The molecule has 0 amide bonds. The van der Waals surface area contributed by atoms with Crippen LogP contribution in [0.15, 0.2) is 12.1 Å². The zero-order valence-electron chi connectivity index (χ0n) is 10.9. The van der Waals surface area contributed by atoms with E-state index in [1.165, 1.54) is 6.07 Å². The molecule has 3 N–H and O–H groups in total. The van der Waals surface area contributed by atoms with Gasteiger partial charge in [0.25, 0.3) is 0 Å². The van der Waals surface area contributed by atoms with Crippen LogP contribution in [0.1, 0.15) is 36.0 Å². The number of carbonyl (C=O) groups is 1. The van der Waals surface area contributed by atoms with Gasteiger partial charge in [0.2, 0.25) is 0 Å². The SMILES string of the molecule is O=C(O)c1ccc(NCC2CCCC(O)C2)c(F)c1F. The molecule has 4 nitrogen and oxygen atoms in total. The van der Waals surface area contributed by atoms with Gasteiger partial charge in [0.15, 0.2) is 11.6 Å². The Kier molecular flexibility index (Phi) is 4.54. The van der Waals surface area contributed by atoms with Crippen LogP contribution in [-0.4, -0.2) is 28.8 Å². The quantitative estimate of drug-likeness (QED) is 0.795. The average molecular weight is 285 g/mol. The monoisotopic (exact) mass is 285 g/mol. The Balaban J connectivity index is 2.03. The Morgan fingerprint density at radius 2 is 2.05 bits per heavy atom. The second-order valence-electron chi connectivity index (χ2n) is 5.16. The molecule has 1 aromatic rings. The Labute approximate surface area is 115 Å². The van der Waals surface area contributed by atoms with Gasteiger partial charge in [0.05, 0.1) is 17.4 Å². The number of rotatable bonds is 4. The highest BCUT2D eigenvalue weighted by molar-refractivity contribution is 5.88. The summed E-state index contributed by atoms with van der Waals surface area (Å²) in [6, 6.07) is 2.26. The van der Waals surface area contributed by atoms with Crippen LogP contribution in [0.2, 0.25) is 0 Å².